The molecule has 0 fully saturated rings. The van der Waals surface area contributed by atoms with Crippen molar-refractivity contribution in [2.75, 3.05) is 5.73 Å². The van der Waals surface area contributed by atoms with Gasteiger partial charge in [-0.15, -0.1) is 0 Å². The van der Waals surface area contributed by atoms with E-state index in [1.807, 2.05) is 18.2 Å². The summed E-state index contributed by atoms with van der Waals surface area (Å²) in [5.41, 5.74) is 9.57. The maximum absolute atomic E-state index is 13.2. The fourth-order valence-electron chi connectivity index (χ4n) is 1.98. The molecule has 3 N–H and O–H groups in total. The summed E-state index contributed by atoms with van der Waals surface area (Å²) in [7, 11) is 0. The number of aryl methyl sites for hydroxylation is 1. The second-order valence-electron chi connectivity index (χ2n) is 4.29. The van der Waals surface area contributed by atoms with Gasteiger partial charge in [0.05, 0.1) is 11.2 Å². The second-order valence-corrected chi connectivity index (χ2v) is 4.29. The van der Waals surface area contributed by atoms with Gasteiger partial charge in [0.1, 0.15) is 17.2 Å². The van der Waals surface area contributed by atoms with Crippen molar-refractivity contribution in [2.45, 2.75) is 6.92 Å². The highest BCUT2D eigenvalue weighted by Gasteiger charge is 2.08. The van der Waals surface area contributed by atoms with Crippen molar-refractivity contribution in [1.29, 1.82) is 0 Å². The molecule has 3 nitrogen and oxygen atoms in total. The summed E-state index contributed by atoms with van der Waals surface area (Å²) >= 11 is 0. The lowest BCUT2D eigenvalue weighted by molar-refractivity contribution is 0.618. The van der Waals surface area contributed by atoms with Gasteiger partial charge in [0.25, 0.3) is 0 Å². The van der Waals surface area contributed by atoms with E-state index < -0.39 is 0 Å². The van der Waals surface area contributed by atoms with Gasteiger partial charge in [0, 0.05) is 5.56 Å². The van der Waals surface area contributed by atoms with E-state index in [1.54, 1.807) is 19.1 Å². The van der Waals surface area contributed by atoms with Crippen LogP contribution < -0.4 is 5.73 Å². The quantitative estimate of drug-likeness (QED) is 0.642. The molecule has 0 aliphatic rings. The number of aromatic nitrogens is 2. The summed E-state index contributed by atoms with van der Waals surface area (Å²) in [6.07, 6.45) is 0. The molecule has 4 heteroatoms. The maximum Gasteiger partial charge on any atom is 0.138 e. The van der Waals surface area contributed by atoms with Gasteiger partial charge in [-0.2, -0.15) is 0 Å². The molecule has 1 heterocycles. The van der Waals surface area contributed by atoms with Crippen LogP contribution in [0.4, 0.5) is 10.1 Å². The van der Waals surface area contributed by atoms with Crippen LogP contribution in [0.3, 0.4) is 0 Å². The number of halogens is 1. The van der Waals surface area contributed by atoms with Crippen molar-refractivity contribution in [3.63, 3.8) is 0 Å². The molecule has 0 spiro atoms. The molecule has 3 aromatic rings. The standard InChI is InChI=1S/C14H12FN3/c1-8-7-9(5-6-10(8)15)14-17-12-4-2-3-11(16)13(12)18-14/h2-7H,16H2,1H3,(H,17,18). The Morgan fingerprint density at radius 2 is 2.06 bits per heavy atom. The molecule has 0 amide bonds. The number of hydrogen-bond acceptors (Lipinski definition) is 2. The number of nitrogens with one attached hydrogen (secondary N) is 1. The average molecular weight is 241 g/mol. The minimum Gasteiger partial charge on any atom is -0.397 e. The Bertz CT molecular complexity index is 731. The van der Waals surface area contributed by atoms with Gasteiger partial charge in [0.15, 0.2) is 0 Å². The van der Waals surface area contributed by atoms with Gasteiger partial charge < -0.3 is 10.7 Å². The Labute approximate surface area is 103 Å². The molecule has 0 aliphatic carbocycles. The number of rotatable bonds is 1. The largest absolute Gasteiger partial charge is 0.397 e. The molecule has 1 aromatic heterocycles. The Balaban J connectivity index is 2.19. The van der Waals surface area contributed by atoms with Gasteiger partial charge >= 0.3 is 0 Å². The Morgan fingerprint density at radius 3 is 2.78 bits per heavy atom. The fourth-order valence-corrected chi connectivity index (χ4v) is 1.98. The Hall–Kier alpha value is -2.36. The predicted octanol–water partition coefficient (Wildman–Crippen LogP) is 3.26. The molecular weight excluding hydrogens is 229 g/mol. The van der Waals surface area contributed by atoms with Gasteiger partial charge in [-0.05, 0) is 42.8 Å². The first-order valence-electron chi connectivity index (χ1n) is 5.66. The van der Waals surface area contributed by atoms with Crippen LogP contribution in [0.25, 0.3) is 22.4 Å². The van der Waals surface area contributed by atoms with E-state index in [9.17, 15) is 4.39 Å². The SMILES string of the molecule is Cc1cc(-c2nc3c(N)cccc3[nH]2)ccc1F. The maximum atomic E-state index is 13.2. The van der Waals surface area contributed by atoms with E-state index in [2.05, 4.69) is 9.97 Å². The van der Waals surface area contributed by atoms with Crippen molar-refractivity contribution in [3.8, 4) is 11.4 Å². The van der Waals surface area contributed by atoms with Crippen molar-refractivity contribution >= 4 is 16.7 Å². The van der Waals surface area contributed by atoms with Gasteiger partial charge in [0.2, 0.25) is 0 Å². The summed E-state index contributed by atoms with van der Waals surface area (Å²) in [6.45, 7) is 1.73. The average Bonchev–Trinajstić information content (AvgIpc) is 2.78. The topological polar surface area (TPSA) is 54.7 Å². The van der Waals surface area contributed by atoms with E-state index in [0.29, 0.717) is 17.1 Å². The summed E-state index contributed by atoms with van der Waals surface area (Å²) in [5, 5.41) is 0. The zero-order chi connectivity index (χ0) is 12.7. The number of para-hydroxylation sites is 1. The van der Waals surface area contributed by atoms with Crippen molar-refractivity contribution in [2.24, 2.45) is 0 Å². The third kappa shape index (κ3) is 1.62. The van der Waals surface area contributed by atoms with E-state index in [1.165, 1.54) is 6.07 Å². The highest BCUT2D eigenvalue weighted by molar-refractivity contribution is 5.89. The second kappa shape index (κ2) is 3.84. The molecule has 0 unspecified atom stereocenters. The zero-order valence-electron chi connectivity index (χ0n) is 9.87. The van der Waals surface area contributed by atoms with E-state index in [-0.39, 0.29) is 5.82 Å². The predicted molar refractivity (Wildman–Crippen MR) is 70.6 cm³/mol. The molecular formula is C14H12FN3. The normalized spacial score (nSPS) is 11.0. The summed E-state index contributed by atoms with van der Waals surface area (Å²) in [6, 6.07) is 10.5. The smallest absolute Gasteiger partial charge is 0.138 e. The molecule has 2 aromatic carbocycles. The van der Waals surface area contributed by atoms with Crippen LogP contribution in [0, 0.1) is 12.7 Å². The lowest BCUT2D eigenvalue weighted by Gasteiger charge is -1.99. The number of nitrogens with zero attached hydrogens (tertiary/aromatic N) is 1. The number of imidazole rings is 1. The Morgan fingerprint density at radius 1 is 1.22 bits per heavy atom. The fraction of sp³-hybridized carbons (Fsp3) is 0.0714. The first-order chi connectivity index (χ1) is 8.65. The minimum atomic E-state index is -0.214. The van der Waals surface area contributed by atoms with Crippen LogP contribution in [0.15, 0.2) is 36.4 Å². The molecule has 0 atom stereocenters. The third-order valence-electron chi connectivity index (χ3n) is 2.98. The monoisotopic (exact) mass is 241 g/mol. The first kappa shape index (κ1) is 10.8. The minimum absolute atomic E-state index is 0.214. The van der Waals surface area contributed by atoms with Gasteiger partial charge in [-0.3, -0.25) is 0 Å². The van der Waals surface area contributed by atoms with Crippen molar-refractivity contribution < 1.29 is 4.39 Å². The number of H-pyrrole nitrogens is 1. The van der Waals surface area contributed by atoms with Gasteiger partial charge in [-0.25, -0.2) is 9.37 Å². The molecule has 0 saturated carbocycles. The van der Waals surface area contributed by atoms with Crippen LogP contribution in [-0.4, -0.2) is 9.97 Å². The summed E-state index contributed by atoms with van der Waals surface area (Å²) in [5.74, 6) is 0.486. The van der Waals surface area contributed by atoms with Crippen molar-refractivity contribution in [3.05, 3.63) is 47.8 Å². The lowest BCUT2D eigenvalue weighted by Crippen LogP contribution is -1.86. The molecule has 0 saturated heterocycles. The van der Waals surface area contributed by atoms with Crippen LogP contribution in [0.1, 0.15) is 5.56 Å². The van der Waals surface area contributed by atoms with E-state index in [4.69, 9.17) is 5.73 Å². The first-order valence-corrected chi connectivity index (χ1v) is 5.66. The van der Waals surface area contributed by atoms with Gasteiger partial charge in [-0.1, -0.05) is 6.07 Å². The molecule has 90 valence electrons. The molecule has 0 aliphatic heterocycles. The van der Waals surface area contributed by atoms with Crippen molar-refractivity contribution in [1.82, 2.24) is 9.97 Å². The molecule has 0 radical (unpaired) electrons. The van der Waals surface area contributed by atoms with Crippen LogP contribution in [0.5, 0.6) is 0 Å². The van der Waals surface area contributed by atoms with Crippen LogP contribution >= 0.6 is 0 Å². The van der Waals surface area contributed by atoms with E-state index >= 15 is 0 Å². The van der Waals surface area contributed by atoms with Crippen LogP contribution in [-0.2, 0) is 0 Å². The van der Waals surface area contributed by atoms with E-state index in [0.717, 1.165) is 16.6 Å². The number of aromatic amines is 1. The molecule has 3 rings (SSSR count). The zero-order valence-corrected chi connectivity index (χ0v) is 9.87. The number of nitrogens with two attached hydrogens (primary N) is 1. The number of anilines is 1. The number of nitrogen functional groups attached to an aromatic ring is 1. The summed E-state index contributed by atoms with van der Waals surface area (Å²) in [4.78, 5) is 7.64. The Kier molecular flexibility index (Phi) is 2.30. The number of fused-ring (bicyclic) bond motifs is 1. The highest BCUT2D eigenvalue weighted by Crippen LogP contribution is 2.25. The molecule has 18 heavy (non-hydrogen) atoms. The highest BCUT2D eigenvalue weighted by atomic mass is 19.1. The number of hydrogen-bond donors (Lipinski definition) is 2. The lowest BCUT2D eigenvalue weighted by atomic mass is 10.1. The molecule has 0 bridgehead atoms. The summed E-state index contributed by atoms with van der Waals surface area (Å²) < 4.78 is 13.2. The van der Waals surface area contributed by atoms with Crippen LogP contribution in [0.2, 0.25) is 0 Å². The third-order valence-corrected chi connectivity index (χ3v) is 2.98. The number of benzene rings is 2.